The van der Waals surface area contributed by atoms with Crippen molar-refractivity contribution in [3.63, 3.8) is 0 Å². The predicted octanol–water partition coefficient (Wildman–Crippen LogP) is 2.90. The minimum absolute atomic E-state index is 0.602. The number of hydrogen-bond donors (Lipinski definition) is 0. The number of methoxy groups -OCH3 is 2. The standard InChI is InChI=1S/C19H30N2O2/c1-15-6-4-5-9-21(15)18-12-20(13-18)11-16-7-8-19(23-3)17(10-16)14-22-2/h7-8,10,15,18H,4-6,9,11-14H2,1-3H3/t15-/m0/s1. The third-order valence-corrected chi connectivity index (χ3v) is 5.31. The highest BCUT2D eigenvalue weighted by atomic mass is 16.5. The molecule has 0 N–H and O–H groups in total. The van der Waals surface area contributed by atoms with Crippen molar-refractivity contribution in [2.24, 2.45) is 0 Å². The van der Waals surface area contributed by atoms with Crippen molar-refractivity contribution in [2.45, 2.75) is 51.4 Å². The summed E-state index contributed by atoms with van der Waals surface area (Å²) in [6.45, 7) is 7.72. The van der Waals surface area contributed by atoms with E-state index >= 15 is 0 Å². The summed E-state index contributed by atoms with van der Waals surface area (Å²) in [6, 6.07) is 7.99. The van der Waals surface area contributed by atoms with Crippen LogP contribution in [0.15, 0.2) is 18.2 Å². The van der Waals surface area contributed by atoms with E-state index in [4.69, 9.17) is 9.47 Å². The number of likely N-dealkylation sites (tertiary alicyclic amines) is 2. The molecule has 2 aliphatic heterocycles. The van der Waals surface area contributed by atoms with Crippen LogP contribution in [-0.2, 0) is 17.9 Å². The first-order chi connectivity index (χ1) is 11.2. The second kappa shape index (κ2) is 7.65. The van der Waals surface area contributed by atoms with E-state index < -0.39 is 0 Å². The highest BCUT2D eigenvalue weighted by Crippen LogP contribution is 2.27. The molecule has 0 spiro atoms. The molecule has 4 heteroatoms. The fourth-order valence-corrected chi connectivity index (χ4v) is 4.00. The van der Waals surface area contributed by atoms with Gasteiger partial charge in [0.2, 0.25) is 0 Å². The summed E-state index contributed by atoms with van der Waals surface area (Å²) < 4.78 is 10.7. The molecule has 128 valence electrons. The van der Waals surface area contributed by atoms with Gasteiger partial charge in [0.1, 0.15) is 5.75 Å². The van der Waals surface area contributed by atoms with E-state index in [-0.39, 0.29) is 0 Å². The quantitative estimate of drug-likeness (QED) is 0.805. The Labute approximate surface area is 140 Å². The van der Waals surface area contributed by atoms with Gasteiger partial charge in [-0.2, -0.15) is 0 Å². The van der Waals surface area contributed by atoms with Gasteiger partial charge in [0.15, 0.2) is 0 Å². The van der Waals surface area contributed by atoms with E-state index in [0.717, 1.165) is 29.9 Å². The van der Waals surface area contributed by atoms with Gasteiger partial charge >= 0.3 is 0 Å². The summed E-state index contributed by atoms with van der Waals surface area (Å²) in [6.07, 6.45) is 4.15. The van der Waals surface area contributed by atoms with Crippen LogP contribution < -0.4 is 4.74 Å². The first-order valence-corrected chi connectivity index (χ1v) is 8.84. The third kappa shape index (κ3) is 3.87. The van der Waals surface area contributed by atoms with Gasteiger partial charge in [0, 0.05) is 44.4 Å². The smallest absolute Gasteiger partial charge is 0.124 e. The van der Waals surface area contributed by atoms with Crippen LogP contribution in [0.4, 0.5) is 0 Å². The Morgan fingerprint density at radius 3 is 2.70 bits per heavy atom. The minimum atomic E-state index is 0.602. The van der Waals surface area contributed by atoms with Crippen molar-refractivity contribution in [1.29, 1.82) is 0 Å². The zero-order chi connectivity index (χ0) is 16.2. The SMILES string of the molecule is COCc1cc(CN2CC(N3CCCC[C@@H]3C)C2)ccc1OC. The van der Waals surface area contributed by atoms with E-state index in [1.807, 2.05) is 0 Å². The molecule has 0 amide bonds. The van der Waals surface area contributed by atoms with Crippen LogP contribution in [0.25, 0.3) is 0 Å². The normalized spacial score (nSPS) is 23.7. The van der Waals surface area contributed by atoms with Crippen molar-refractivity contribution < 1.29 is 9.47 Å². The lowest BCUT2D eigenvalue weighted by molar-refractivity contribution is -0.00623. The molecule has 0 radical (unpaired) electrons. The fraction of sp³-hybridized carbons (Fsp3) is 0.684. The molecule has 0 saturated carbocycles. The third-order valence-electron chi connectivity index (χ3n) is 5.31. The molecule has 4 nitrogen and oxygen atoms in total. The number of ether oxygens (including phenoxy) is 2. The van der Waals surface area contributed by atoms with Crippen molar-refractivity contribution in [1.82, 2.24) is 9.80 Å². The number of piperidine rings is 1. The Morgan fingerprint density at radius 1 is 1.17 bits per heavy atom. The number of benzene rings is 1. The minimum Gasteiger partial charge on any atom is -0.496 e. The Balaban J connectivity index is 1.54. The Kier molecular flexibility index (Phi) is 5.57. The molecule has 2 fully saturated rings. The molecule has 1 atom stereocenters. The zero-order valence-corrected chi connectivity index (χ0v) is 14.8. The van der Waals surface area contributed by atoms with Crippen molar-refractivity contribution in [2.75, 3.05) is 33.9 Å². The average Bonchev–Trinajstić information content (AvgIpc) is 2.52. The molecular formula is C19H30N2O2. The van der Waals surface area contributed by atoms with Crippen LogP contribution in [0.1, 0.15) is 37.3 Å². The van der Waals surface area contributed by atoms with Crippen molar-refractivity contribution in [3.05, 3.63) is 29.3 Å². The summed E-state index contributed by atoms with van der Waals surface area (Å²) in [5, 5.41) is 0. The summed E-state index contributed by atoms with van der Waals surface area (Å²) in [7, 11) is 3.44. The van der Waals surface area contributed by atoms with Gasteiger partial charge < -0.3 is 9.47 Å². The van der Waals surface area contributed by atoms with Crippen LogP contribution in [-0.4, -0.2) is 55.7 Å². The molecule has 0 aromatic heterocycles. The van der Waals surface area contributed by atoms with Crippen LogP contribution in [0, 0.1) is 0 Å². The second-order valence-corrected chi connectivity index (χ2v) is 7.01. The summed E-state index contributed by atoms with van der Waals surface area (Å²) in [5.41, 5.74) is 2.48. The molecule has 0 aliphatic carbocycles. The van der Waals surface area contributed by atoms with E-state index in [2.05, 4.69) is 34.9 Å². The van der Waals surface area contributed by atoms with Crippen molar-refractivity contribution in [3.8, 4) is 5.75 Å². The maximum Gasteiger partial charge on any atom is 0.124 e. The monoisotopic (exact) mass is 318 g/mol. The molecule has 1 aromatic rings. The molecule has 0 bridgehead atoms. The van der Waals surface area contributed by atoms with Crippen LogP contribution in [0.3, 0.4) is 0 Å². The van der Waals surface area contributed by atoms with E-state index in [9.17, 15) is 0 Å². The van der Waals surface area contributed by atoms with E-state index in [1.165, 1.54) is 44.5 Å². The summed E-state index contributed by atoms with van der Waals surface area (Å²) >= 11 is 0. The van der Waals surface area contributed by atoms with Gasteiger partial charge in [-0.15, -0.1) is 0 Å². The maximum absolute atomic E-state index is 5.41. The van der Waals surface area contributed by atoms with E-state index in [0.29, 0.717) is 6.61 Å². The number of rotatable bonds is 6. The van der Waals surface area contributed by atoms with Gasteiger partial charge in [0.05, 0.1) is 13.7 Å². The van der Waals surface area contributed by atoms with Gasteiger partial charge in [-0.1, -0.05) is 12.5 Å². The molecule has 0 unspecified atom stereocenters. The topological polar surface area (TPSA) is 24.9 Å². The summed E-state index contributed by atoms with van der Waals surface area (Å²) in [4.78, 5) is 5.27. The lowest BCUT2D eigenvalue weighted by Gasteiger charge is -2.49. The largest absolute Gasteiger partial charge is 0.496 e. The number of hydrogen-bond acceptors (Lipinski definition) is 4. The fourth-order valence-electron chi connectivity index (χ4n) is 4.00. The van der Waals surface area contributed by atoms with E-state index in [1.54, 1.807) is 14.2 Å². The van der Waals surface area contributed by atoms with Gasteiger partial charge in [0.25, 0.3) is 0 Å². The number of nitrogens with zero attached hydrogens (tertiary/aromatic N) is 2. The highest BCUT2D eigenvalue weighted by molar-refractivity contribution is 5.37. The van der Waals surface area contributed by atoms with Crippen molar-refractivity contribution >= 4 is 0 Å². The molecule has 2 saturated heterocycles. The van der Waals surface area contributed by atoms with Crippen LogP contribution >= 0.6 is 0 Å². The Bertz CT molecular complexity index is 514. The Morgan fingerprint density at radius 2 is 2.00 bits per heavy atom. The van der Waals surface area contributed by atoms with Gasteiger partial charge in [-0.25, -0.2) is 0 Å². The first-order valence-electron chi connectivity index (χ1n) is 8.84. The molecule has 3 rings (SSSR count). The highest BCUT2D eigenvalue weighted by Gasteiger charge is 2.34. The Hall–Kier alpha value is -1.10. The average molecular weight is 318 g/mol. The molecule has 2 heterocycles. The molecular weight excluding hydrogens is 288 g/mol. The lowest BCUT2D eigenvalue weighted by Crippen LogP contribution is -2.61. The van der Waals surface area contributed by atoms with Gasteiger partial charge in [-0.3, -0.25) is 9.80 Å². The molecule has 2 aliphatic rings. The predicted molar refractivity (Wildman–Crippen MR) is 92.8 cm³/mol. The van der Waals surface area contributed by atoms with Gasteiger partial charge in [-0.05, 0) is 44.0 Å². The summed E-state index contributed by atoms with van der Waals surface area (Å²) in [5.74, 6) is 0.916. The van der Waals surface area contributed by atoms with Crippen LogP contribution in [0.5, 0.6) is 5.75 Å². The maximum atomic E-state index is 5.41. The molecule has 23 heavy (non-hydrogen) atoms. The molecule has 1 aromatic carbocycles. The lowest BCUT2D eigenvalue weighted by atomic mass is 9.97. The first kappa shape index (κ1) is 16.7. The van der Waals surface area contributed by atoms with Crippen LogP contribution in [0.2, 0.25) is 0 Å². The second-order valence-electron chi connectivity index (χ2n) is 7.01. The zero-order valence-electron chi connectivity index (χ0n) is 14.8.